The van der Waals surface area contributed by atoms with Crippen molar-refractivity contribution in [3.63, 3.8) is 0 Å². The largest absolute Gasteiger partial charge is 0.394 e. The molecule has 3 fully saturated rings. The molecular formula is C11H22N2O2. The second kappa shape index (κ2) is 5.80. The van der Waals surface area contributed by atoms with Crippen molar-refractivity contribution in [1.82, 2.24) is 10.2 Å². The fraction of sp³-hybridized carbons (Fsp3) is 1.00. The summed E-state index contributed by atoms with van der Waals surface area (Å²) < 4.78 is 5.23. The smallest absolute Gasteiger partial charge is 0.0698 e. The van der Waals surface area contributed by atoms with E-state index in [0.717, 1.165) is 12.5 Å². The molecule has 0 aromatic rings. The topological polar surface area (TPSA) is 44.7 Å². The van der Waals surface area contributed by atoms with Crippen LogP contribution >= 0.6 is 0 Å². The highest BCUT2D eigenvalue weighted by molar-refractivity contribution is 4.90. The highest BCUT2D eigenvalue weighted by Crippen LogP contribution is 2.27. The zero-order valence-corrected chi connectivity index (χ0v) is 9.32. The van der Waals surface area contributed by atoms with E-state index in [1.54, 1.807) is 0 Å². The van der Waals surface area contributed by atoms with Crippen LogP contribution in [-0.4, -0.2) is 62.0 Å². The number of nitrogens with one attached hydrogen (secondary N) is 1. The van der Waals surface area contributed by atoms with Gasteiger partial charge in [0, 0.05) is 19.1 Å². The molecule has 3 rings (SSSR count). The molecule has 1 atom stereocenters. The number of ether oxygens (including phenoxy) is 1. The average molecular weight is 214 g/mol. The summed E-state index contributed by atoms with van der Waals surface area (Å²) in [4.78, 5) is 2.55. The first kappa shape index (κ1) is 11.3. The lowest BCUT2D eigenvalue weighted by Crippen LogP contribution is -2.56. The van der Waals surface area contributed by atoms with Crippen molar-refractivity contribution in [2.75, 3.05) is 46.0 Å². The van der Waals surface area contributed by atoms with Crippen molar-refractivity contribution in [2.24, 2.45) is 5.92 Å². The lowest BCUT2D eigenvalue weighted by atomic mass is 9.84. The Morgan fingerprint density at radius 2 is 2.07 bits per heavy atom. The Hall–Kier alpha value is -0.160. The Bertz CT molecular complexity index is 181. The van der Waals surface area contributed by atoms with Gasteiger partial charge in [0.15, 0.2) is 0 Å². The molecule has 0 radical (unpaired) electrons. The van der Waals surface area contributed by atoms with Crippen LogP contribution in [0.25, 0.3) is 0 Å². The molecule has 3 heterocycles. The summed E-state index contributed by atoms with van der Waals surface area (Å²) in [6.45, 7) is 6.01. The summed E-state index contributed by atoms with van der Waals surface area (Å²) in [7, 11) is 0. The van der Waals surface area contributed by atoms with E-state index in [1.165, 1.54) is 32.5 Å². The third-order valence-electron chi connectivity index (χ3n) is 3.54. The van der Waals surface area contributed by atoms with E-state index in [9.17, 15) is 0 Å². The van der Waals surface area contributed by atoms with Gasteiger partial charge in [0.05, 0.1) is 19.8 Å². The van der Waals surface area contributed by atoms with Crippen LogP contribution < -0.4 is 5.32 Å². The molecule has 0 aromatic carbocycles. The second-order valence-corrected chi connectivity index (χ2v) is 4.53. The fourth-order valence-electron chi connectivity index (χ4n) is 2.68. The predicted octanol–water partition coefficient (Wildman–Crippen LogP) is -0.321. The van der Waals surface area contributed by atoms with Crippen molar-refractivity contribution in [1.29, 1.82) is 0 Å². The zero-order valence-electron chi connectivity index (χ0n) is 9.32. The molecular weight excluding hydrogens is 192 g/mol. The Morgan fingerprint density at radius 3 is 2.67 bits per heavy atom. The van der Waals surface area contributed by atoms with Gasteiger partial charge >= 0.3 is 0 Å². The number of piperidine rings is 3. The molecule has 3 aliphatic rings. The van der Waals surface area contributed by atoms with Gasteiger partial charge in [-0.3, -0.25) is 0 Å². The molecule has 0 aromatic heterocycles. The molecule has 3 aliphatic heterocycles. The summed E-state index contributed by atoms with van der Waals surface area (Å²) in [5, 5.41) is 12.1. The lowest BCUT2D eigenvalue weighted by Gasteiger charge is -2.45. The molecule has 2 bridgehead atoms. The van der Waals surface area contributed by atoms with E-state index in [2.05, 4.69) is 10.2 Å². The maximum absolute atomic E-state index is 8.55. The van der Waals surface area contributed by atoms with Gasteiger partial charge in [0.1, 0.15) is 0 Å². The van der Waals surface area contributed by atoms with Crippen LogP contribution in [0.4, 0.5) is 0 Å². The first-order valence-electron chi connectivity index (χ1n) is 6.04. The van der Waals surface area contributed by atoms with Gasteiger partial charge in [0.25, 0.3) is 0 Å². The molecule has 1 unspecified atom stereocenters. The van der Waals surface area contributed by atoms with E-state index in [0.29, 0.717) is 19.3 Å². The summed E-state index contributed by atoms with van der Waals surface area (Å²) in [5.74, 6) is 0.882. The van der Waals surface area contributed by atoms with Gasteiger partial charge < -0.3 is 20.1 Å². The van der Waals surface area contributed by atoms with Crippen LogP contribution in [0.1, 0.15) is 12.8 Å². The first-order chi connectivity index (χ1) is 7.40. The molecule has 4 heteroatoms. The first-order valence-corrected chi connectivity index (χ1v) is 6.04. The maximum Gasteiger partial charge on any atom is 0.0698 e. The molecule has 0 saturated carbocycles. The van der Waals surface area contributed by atoms with Crippen molar-refractivity contribution in [3.8, 4) is 0 Å². The fourth-order valence-corrected chi connectivity index (χ4v) is 2.68. The summed E-state index contributed by atoms with van der Waals surface area (Å²) >= 11 is 0. The Balaban J connectivity index is 1.59. The van der Waals surface area contributed by atoms with E-state index in [1.807, 2.05) is 0 Å². The highest BCUT2D eigenvalue weighted by atomic mass is 16.5. The molecule has 0 aliphatic carbocycles. The van der Waals surface area contributed by atoms with E-state index in [-0.39, 0.29) is 6.61 Å². The molecule has 4 nitrogen and oxygen atoms in total. The molecule has 88 valence electrons. The standard InChI is InChI=1S/C11H22N2O2/c14-6-8-15-7-3-12-11-9-13-4-1-10(11)2-5-13/h10-12,14H,1-9H2. The third-order valence-corrected chi connectivity index (χ3v) is 3.54. The molecule has 2 N–H and O–H groups in total. The number of rotatable bonds is 6. The maximum atomic E-state index is 8.55. The molecule has 0 spiro atoms. The lowest BCUT2D eigenvalue weighted by molar-refractivity contribution is 0.0593. The van der Waals surface area contributed by atoms with Gasteiger partial charge in [-0.15, -0.1) is 0 Å². The number of aliphatic hydroxyl groups excluding tert-OH is 1. The van der Waals surface area contributed by atoms with Crippen molar-refractivity contribution in [2.45, 2.75) is 18.9 Å². The minimum Gasteiger partial charge on any atom is -0.394 e. The number of hydrogen-bond acceptors (Lipinski definition) is 4. The summed E-state index contributed by atoms with van der Waals surface area (Å²) in [6, 6.07) is 0.672. The molecule has 15 heavy (non-hydrogen) atoms. The van der Waals surface area contributed by atoms with E-state index >= 15 is 0 Å². The van der Waals surface area contributed by atoms with Gasteiger partial charge in [-0.2, -0.15) is 0 Å². The van der Waals surface area contributed by atoms with Gasteiger partial charge in [-0.05, 0) is 31.8 Å². The summed E-state index contributed by atoms with van der Waals surface area (Å²) in [5.41, 5.74) is 0. The highest BCUT2D eigenvalue weighted by Gasteiger charge is 2.33. The van der Waals surface area contributed by atoms with Crippen LogP contribution in [0.5, 0.6) is 0 Å². The van der Waals surface area contributed by atoms with E-state index in [4.69, 9.17) is 9.84 Å². The summed E-state index contributed by atoms with van der Waals surface area (Å²) in [6.07, 6.45) is 2.71. The Kier molecular flexibility index (Phi) is 4.38. The minimum atomic E-state index is 0.125. The quantitative estimate of drug-likeness (QED) is 0.595. The van der Waals surface area contributed by atoms with Gasteiger partial charge in [-0.25, -0.2) is 0 Å². The molecule has 3 saturated heterocycles. The zero-order chi connectivity index (χ0) is 10.5. The van der Waals surface area contributed by atoms with Crippen LogP contribution in [0, 0.1) is 5.92 Å². The Labute approximate surface area is 91.6 Å². The minimum absolute atomic E-state index is 0.125. The molecule has 0 amide bonds. The van der Waals surface area contributed by atoms with Crippen molar-refractivity contribution in [3.05, 3.63) is 0 Å². The van der Waals surface area contributed by atoms with Crippen LogP contribution in [0.2, 0.25) is 0 Å². The average Bonchev–Trinajstić information content (AvgIpc) is 2.30. The van der Waals surface area contributed by atoms with Crippen molar-refractivity contribution < 1.29 is 9.84 Å². The number of aliphatic hydroxyl groups is 1. The van der Waals surface area contributed by atoms with Gasteiger partial charge in [0.2, 0.25) is 0 Å². The normalized spacial score (nSPS) is 34.6. The van der Waals surface area contributed by atoms with Crippen LogP contribution in [0.3, 0.4) is 0 Å². The number of nitrogens with zero attached hydrogens (tertiary/aromatic N) is 1. The monoisotopic (exact) mass is 214 g/mol. The SMILES string of the molecule is OCCOCCNC1CN2CCC1CC2. The Morgan fingerprint density at radius 1 is 1.27 bits per heavy atom. The van der Waals surface area contributed by atoms with Crippen LogP contribution in [-0.2, 0) is 4.74 Å². The van der Waals surface area contributed by atoms with Crippen LogP contribution in [0.15, 0.2) is 0 Å². The number of hydrogen-bond donors (Lipinski definition) is 2. The van der Waals surface area contributed by atoms with E-state index < -0.39 is 0 Å². The van der Waals surface area contributed by atoms with Gasteiger partial charge in [-0.1, -0.05) is 0 Å². The second-order valence-electron chi connectivity index (χ2n) is 4.53. The number of fused-ring (bicyclic) bond motifs is 3. The third kappa shape index (κ3) is 3.14. The predicted molar refractivity (Wildman–Crippen MR) is 58.9 cm³/mol. The van der Waals surface area contributed by atoms with Crippen molar-refractivity contribution >= 4 is 0 Å².